The predicted molar refractivity (Wildman–Crippen MR) is 76.6 cm³/mol. The van der Waals surface area contributed by atoms with Crippen LogP contribution in [0.25, 0.3) is 0 Å². The Morgan fingerprint density at radius 1 is 1.29 bits per heavy atom. The average Bonchev–Trinajstić information content (AvgIpc) is 3.06. The van der Waals surface area contributed by atoms with Gasteiger partial charge in [-0.1, -0.05) is 19.1 Å². The van der Waals surface area contributed by atoms with E-state index in [-0.39, 0.29) is 29.9 Å². The van der Waals surface area contributed by atoms with E-state index in [4.69, 9.17) is 4.74 Å². The zero-order valence-corrected chi connectivity index (χ0v) is 12.6. The molecule has 0 radical (unpaired) electrons. The fourth-order valence-corrected chi connectivity index (χ4v) is 4.14. The van der Waals surface area contributed by atoms with Crippen molar-refractivity contribution in [2.75, 3.05) is 13.2 Å². The highest BCUT2D eigenvalue weighted by molar-refractivity contribution is 5.87. The Kier molecular flexibility index (Phi) is 3.78. The molecule has 5 nitrogen and oxygen atoms in total. The summed E-state index contributed by atoms with van der Waals surface area (Å²) in [6.45, 7) is 5.13. The van der Waals surface area contributed by atoms with Gasteiger partial charge in [-0.05, 0) is 31.6 Å². The lowest BCUT2D eigenvalue weighted by Gasteiger charge is -2.41. The van der Waals surface area contributed by atoms with Crippen LogP contribution in [0.3, 0.4) is 0 Å². The summed E-state index contributed by atoms with van der Waals surface area (Å²) in [5, 5.41) is 9.50. The van der Waals surface area contributed by atoms with Crippen molar-refractivity contribution in [1.29, 1.82) is 0 Å². The summed E-state index contributed by atoms with van der Waals surface area (Å²) in [5.74, 6) is -1.64. The second kappa shape index (κ2) is 5.44. The Bertz CT molecular complexity index is 475. The summed E-state index contributed by atoms with van der Waals surface area (Å²) in [5.41, 5.74) is 0. The smallest absolute Gasteiger partial charge is 0.307 e. The summed E-state index contributed by atoms with van der Waals surface area (Å²) in [7, 11) is 0. The van der Waals surface area contributed by atoms with Gasteiger partial charge in [0, 0.05) is 6.54 Å². The maximum absolute atomic E-state index is 13.0. The second-order valence-electron chi connectivity index (χ2n) is 6.53. The number of carbonyl (C=O) groups is 2. The molecular formula is C16H23NO4. The molecule has 2 fully saturated rings. The number of ether oxygens (including phenoxy) is 1. The molecule has 6 unspecified atom stereocenters. The molecule has 3 aliphatic rings. The molecule has 0 aromatic heterocycles. The third-order valence-corrected chi connectivity index (χ3v) is 5.25. The van der Waals surface area contributed by atoms with Gasteiger partial charge in [0.1, 0.15) is 0 Å². The van der Waals surface area contributed by atoms with Crippen molar-refractivity contribution < 1.29 is 19.4 Å². The van der Waals surface area contributed by atoms with Crippen molar-refractivity contribution in [3.63, 3.8) is 0 Å². The van der Waals surface area contributed by atoms with Crippen molar-refractivity contribution >= 4 is 11.9 Å². The summed E-state index contributed by atoms with van der Waals surface area (Å²) >= 11 is 0. The predicted octanol–water partition coefficient (Wildman–Crippen LogP) is 1.54. The van der Waals surface area contributed by atoms with Crippen LogP contribution >= 0.6 is 0 Å². The van der Waals surface area contributed by atoms with E-state index in [1.165, 1.54) is 0 Å². The maximum Gasteiger partial charge on any atom is 0.307 e. The van der Waals surface area contributed by atoms with E-state index in [2.05, 4.69) is 0 Å². The molecule has 0 aromatic carbocycles. The fraction of sp³-hybridized carbons (Fsp3) is 0.750. The van der Waals surface area contributed by atoms with Crippen molar-refractivity contribution in [1.82, 2.24) is 4.90 Å². The quantitative estimate of drug-likeness (QED) is 0.801. The van der Waals surface area contributed by atoms with Crippen LogP contribution in [0.15, 0.2) is 12.2 Å². The molecule has 3 rings (SSSR count). The molecule has 1 N–H and O–H groups in total. The van der Waals surface area contributed by atoms with E-state index < -0.39 is 17.8 Å². The number of carboxylic acids is 1. The van der Waals surface area contributed by atoms with Crippen LogP contribution in [-0.4, -0.2) is 47.2 Å². The highest BCUT2D eigenvalue weighted by Gasteiger charge is 2.53. The van der Waals surface area contributed by atoms with Crippen LogP contribution in [0, 0.1) is 23.7 Å². The van der Waals surface area contributed by atoms with E-state index in [0.717, 1.165) is 12.8 Å². The molecule has 6 atom stereocenters. The van der Waals surface area contributed by atoms with Crippen LogP contribution in [-0.2, 0) is 14.3 Å². The van der Waals surface area contributed by atoms with Gasteiger partial charge in [-0.3, -0.25) is 9.59 Å². The van der Waals surface area contributed by atoms with E-state index in [9.17, 15) is 14.7 Å². The van der Waals surface area contributed by atoms with Crippen molar-refractivity contribution in [2.24, 2.45) is 23.7 Å². The summed E-state index contributed by atoms with van der Waals surface area (Å²) < 4.78 is 5.64. The number of hydrogen-bond donors (Lipinski definition) is 1. The van der Waals surface area contributed by atoms with Gasteiger partial charge in [0.15, 0.2) is 0 Å². The Labute approximate surface area is 124 Å². The summed E-state index contributed by atoms with van der Waals surface area (Å²) in [4.78, 5) is 26.4. The number of hydrogen-bond acceptors (Lipinski definition) is 3. The van der Waals surface area contributed by atoms with E-state index in [1.54, 1.807) is 0 Å². The number of carboxylic acid groups (broad SMARTS) is 1. The maximum atomic E-state index is 13.0. The molecule has 2 bridgehead atoms. The normalized spacial score (nSPS) is 41.5. The first-order chi connectivity index (χ1) is 10.0. The van der Waals surface area contributed by atoms with Gasteiger partial charge in [-0.15, -0.1) is 0 Å². The van der Waals surface area contributed by atoms with Crippen LogP contribution in [0.1, 0.15) is 26.7 Å². The molecule has 1 amide bonds. The molecule has 1 aliphatic heterocycles. The van der Waals surface area contributed by atoms with Gasteiger partial charge < -0.3 is 14.7 Å². The minimum Gasteiger partial charge on any atom is -0.481 e. The standard InChI is InChI=1S/C16H23NO4/c1-3-12-8-21-9(2)7-17(12)15(18)13-10-4-5-11(6-10)14(13)16(19)20/h4-5,9-14H,3,6-8H2,1-2H3,(H,19,20). The molecule has 1 saturated carbocycles. The minimum atomic E-state index is -0.834. The Hall–Kier alpha value is -1.36. The van der Waals surface area contributed by atoms with Gasteiger partial charge in [0.2, 0.25) is 5.91 Å². The number of rotatable bonds is 3. The van der Waals surface area contributed by atoms with Crippen LogP contribution in [0.2, 0.25) is 0 Å². The first-order valence-corrected chi connectivity index (χ1v) is 7.86. The Morgan fingerprint density at radius 2 is 1.95 bits per heavy atom. The van der Waals surface area contributed by atoms with E-state index in [1.807, 2.05) is 30.9 Å². The average molecular weight is 293 g/mol. The van der Waals surface area contributed by atoms with Crippen molar-refractivity contribution in [2.45, 2.75) is 38.8 Å². The summed E-state index contributed by atoms with van der Waals surface area (Å²) in [6, 6.07) is 0.0752. The molecule has 1 saturated heterocycles. The minimum absolute atomic E-state index is 0.0150. The lowest BCUT2D eigenvalue weighted by Crippen LogP contribution is -2.54. The first kappa shape index (κ1) is 14.6. The van der Waals surface area contributed by atoms with E-state index in [0.29, 0.717) is 13.2 Å². The molecule has 21 heavy (non-hydrogen) atoms. The molecule has 116 valence electrons. The summed E-state index contributed by atoms with van der Waals surface area (Å²) in [6.07, 6.45) is 5.69. The van der Waals surface area contributed by atoms with Crippen LogP contribution in [0.4, 0.5) is 0 Å². The first-order valence-electron chi connectivity index (χ1n) is 7.86. The third kappa shape index (κ3) is 2.37. The highest BCUT2D eigenvalue weighted by atomic mass is 16.5. The topological polar surface area (TPSA) is 66.8 Å². The zero-order chi connectivity index (χ0) is 15.1. The van der Waals surface area contributed by atoms with Gasteiger partial charge >= 0.3 is 5.97 Å². The molecule has 0 spiro atoms. The number of amides is 1. The molecule has 0 aromatic rings. The van der Waals surface area contributed by atoms with Gasteiger partial charge in [-0.25, -0.2) is 0 Å². The van der Waals surface area contributed by atoms with Gasteiger partial charge in [0.05, 0.1) is 30.6 Å². The third-order valence-electron chi connectivity index (χ3n) is 5.25. The molecular weight excluding hydrogens is 270 g/mol. The zero-order valence-electron chi connectivity index (χ0n) is 12.6. The van der Waals surface area contributed by atoms with Crippen LogP contribution < -0.4 is 0 Å². The number of morpholine rings is 1. The molecule has 5 heteroatoms. The highest BCUT2D eigenvalue weighted by Crippen LogP contribution is 2.49. The largest absolute Gasteiger partial charge is 0.481 e. The lowest BCUT2D eigenvalue weighted by molar-refractivity contribution is -0.157. The van der Waals surface area contributed by atoms with Crippen molar-refractivity contribution in [3.8, 4) is 0 Å². The monoisotopic (exact) mass is 293 g/mol. The fourth-order valence-electron chi connectivity index (χ4n) is 4.14. The van der Waals surface area contributed by atoms with Crippen LogP contribution in [0.5, 0.6) is 0 Å². The number of nitrogens with zero attached hydrogens (tertiary/aromatic N) is 1. The number of carbonyl (C=O) groups excluding carboxylic acids is 1. The number of aliphatic carboxylic acids is 1. The number of fused-ring (bicyclic) bond motifs is 2. The Morgan fingerprint density at radius 3 is 2.57 bits per heavy atom. The van der Waals surface area contributed by atoms with E-state index >= 15 is 0 Å². The second-order valence-corrected chi connectivity index (χ2v) is 6.53. The van der Waals surface area contributed by atoms with Gasteiger partial charge in [-0.2, -0.15) is 0 Å². The molecule has 1 heterocycles. The molecule has 2 aliphatic carbocycles. The SMILES string of the molecule is CCC1COC(C)CN1C(=O)C1C2C=CC(C2)C1C(=O)O. The van der Waals surface area contributed by atoms with Crippen molar-refractivity contribution in [3.05, 3.63) is 12.2 Å². The van der Waals surface area contributed by atoms with Gasteiger partial charge in [0.25, 0.3) is 0 Å². The Balaban J connectivity index is 1.83. The number of allylic oxidation sites excluding steroid dienone is 2. The lowest BCUT2D eigenvalue weighted by atomic mass is 9.81.